The van der Waals surface area contributed by atoms with Crippen molar-refractivity contribution in [3.05, 3.63) is 34.8 Å². The molecule has 0 unspecified atom stereocenters. The summed E-state index contributed by atoms with van der Waals surface area (Å²) in [6.45, 7) is 3.02. The molecule has 0 atom stereocenters. The first-order chi connectivity index (χ1) is 10.2. The van der Waals surface area contributed by atoms with Crippen LogP contribution in [0.4, 0.5) is 10.8 Å². The summed E-state index contributed by atoms with van der Waals surface area (Å²) in [4.78, 5) is 8.15. The molecule has 1 aromatic heterocycles. The van der Waals surface area contributed by atoms with Crippen LogP contribution < -0.4 is 15.0 Å². The van der Waals surface area contributed by atoms with Gasteiger partial charge >= 0.3 is 0 Å². The van der Waals surface area contributed by atoms with Gasteiger partial charge in [0.1, 0.15) is 5.75 Å². The van der Waals surface area contributed by atoms with Crippen molar-refractivity contribution < 1.29 is 4.74 Å². The largest absolute Gasteiger partial charge is 0.497 e. The van der Waals surface area contributed by atoms with Crippen molar-refractivity contribution in [1.82, 2.24) is 10.3 Å². The lowest BCUT2D eigenvalue weighted by molar-refractivity contribution is 0.415. The molecule has 1 aromatic carbocycles. The van der Waals surface area contributed by atoms with E-state index >= 15 is 0 Å². The van der Waals surface area contributed by atoms with Crippen molar-refractivity contribution in [2.24, 2.45) is 0 Å². The molecule has 0 radical (unpaired) electrons. The monoisotopic (exact) mass is 303 g/mol. The summed E-state index contributed by atoms with van der Waals surface area (Å²) in [5.74, 6) is 0.872. The number of benzene rings is 1. The zero-order valence-electron chi connectivity index (χ0n) is 12.7. The van der Waals surface area contributed by atoms with Gasteiger partial charge in [-0.05, 0) is 44.0 Å². The summed E-state index contributed by atoms with van der Waals surface area (Å²) >= 11 is 1.76. The highest BCUT2D eigenvalue weighted by Crippen LogP contribution is 2.31. The Morgan fingerprint density at radius 2 is 2.05 bits per heavy atom. The topological polar surface area (TPSA) is 37.4 Å². The molecule has 4 nitrogen and oxygen atoms in total. The normalized spacial score (nSPS) is 14.2. The minimum atomic E-state index is 0.731. The van der Waals surface area contributed by atoms with Crippen LogP contribution in [0.2, 0.25) is 0 Å². The van der Waals surface area contributed by atoms with E-state index in [1.807, 2.05) is 12.1 Å². The number of hydrogen-bond donors (Lipinski definition) is 1. The van der Waals surface area contributed by atoms with Gasteiger partial charge < -0.3 is 15.0 Å². The number of nitrogens with zero attached hydrogens (tertiary/aromatic N) is 2. The number of nitrogens with one attached hydrogen (secondary N) is 1. The van der Waals surface area contributed by atoms with E-state index in [1.165, 1.54) is 17.7 Å². The average molecular weight is 303 g/mol. The SMILES string of the molecule is COc1ccc(N(C)c2nc(C)c(CNC3CC3)s2)cc1. The Morgan fingerprint density at radius 3 is 2.67 bits per heavy atom. The van der Waals surface area contributed by atoms with Crippen LogP contribution in [0.5, 0.6) is 5.75 Å². The molecule has 1 N–H and O–H groups in total. The molecule has 3 rings (SSSR count). The van der Waals surface area contributed by atoms with Crippen molar-refractivity contribution in [1.29, 1.82) is 0 Å². The standard InChI is InChI=1S/C16H21N3OS/c1-11-15(10-17-12-4-5-12)21-16(18-11)19(2)13-6-8-14(20-3)9-7-13/h6-9,12,17H,4-5,10H2,1-3H3. The Morgan fingerprint density at radius 1 is 1.33 bits per heavy atom. The van der Waals surface area contributed by atoms with Gasteiger partial charge in [-0.3, -0.25) is 0 Å². The van der Waals surface area contributed by atoms with Crippen LogP contribution in [0.1, 0.15) is 23.4 Å². The summed E-state index contributed by atoms with van der Waals surface area (Å²) in [6, 6.07) is 8.79. The molecular formula is C16H21N3OS. The lowest BCUT2D eigenvalue weighted by Gasteiger charge is -2.16. The van der Waals surface area contributed by atoms with Gasteiger partial charge in [0.05, 0.1) is 12.8 Å². The summed E-state index contributed by atoms with van der Waals surface area (Å²) < 4.78 is 5.20. The average Bonchev–Trinajstić information content (AvgIpc) is 3.27. The van der Waals surface area contributed by atoms with Gasteiger partial charge in [-0.1, -0.05) is 11.3 Å². The van der Waals surface area contributed by atoms with Crippen LogP contribution >= 0.6 is 11.3 Å². The number of aryl methyl sites for hydroxylation is 1. The maximum absolute atomic E-state index is 5.20. The number of thiazole rings is 1. The van der Waals surface area contributed by atoms with Crippen molar-refractivity contribution in [2.45, 2.75) is 32.4 Å². The number of methoxy groups -OCH3 is 1. The number of hydrogen-bond acceptors (Lipinski definition) is 5. The predicted octanol–water partition coefficient (Wildman–Crippen LogP) is 3.48. The van der Waals surface area contributed by atoms with Gasteiger partial charge in [-0.15, -0.1) is 0 Å². The van der Waals surface area contributed by atoms with Crippen molar-refractivity contribution in [3.8, 4) is 5.75 Å². The molecule has 21 heavy (non-hydrogen) atoms. The second kappa shape index (κ2) is 6.03. The lowest BCUT2D eigenvalue weighted by atomic mass is 10.3. The Labute approximate surface area is 129 Å². The van der Waals surface area contributed by atoms with Crippen LogP contribution in [0.3, 0.4) is 0 Å². The Balaban J connectivity index is 1.73. The second-order valence-electron chi connectivity index (χ2n) is 5.42. The van der Waals surface area contributed by atoms with Crippen molar-refractivity contribution in [3.63, 3.8) is 0 Å². The van der Waals surface area contributed by atoms with E-state index in [-0.39, 0.29) is 0 Å². The smallest absolute Gasteiger partial charge is 0.190 e. The highest BCUT2D eigenvalue weighted by molar-refractivity contribution is 7.15. The lowest BCUT2D eigenvalue weighted by Crippen LogP contribution is -2.14. The van der Waals surface area contributed by atoms with E-state index < -0.39 is 0 Å². The molecule has 0 amide bonds. The Hall–Kier alpha value is -1.59. The van der Waals surface area contributed by atoms with Crippen LogP contribution in [0.15, 0.2) is 24.3 Å². The Bertz CT molecular complexity index is 604. The molecule has 1 aliphatic carbocycles. The molecule has 0 spiro atoms. The quantitative estimate of drug-likeness (QED) is 0.886. The van der Waals surface area contributed by atoms with Crippen molar-refractivity contribution in [2.75, 3.05) is 19.1 Å². The van der Waals surface area contributed by atoms with E-state index in [4.69, 9.17) is 9.72 Å². The molecule has 2 aromatic rings. The van der Waals surface area contributed by atoms with Crippen molar-refractivity contribution >= 4 is 22.2 Å². The molecule has 112 valence electrons. The molecular weight excluding hydrogens is 282 g/mol. The highest BCUT2D eigenvalue weighted by atomic mass is 32.1. The molecule has 1 saturated carbocycles. The summed E-state index contributed by atoms with van der Waals surface area (Å²) in [5, 5.41) is 4.59. The molecule has 1 aliphatic rings. The zero-order valence-corrected chi connectivity index (χ0v) is 13.5. The number of aromatic nitrogens is 1. The molecule has 1 heterocycles. The van der Waals surface area contributed by atoms with E-state index in [0.717, 1.165) is 34.8 Å². The first-order valence-corrected chi connectivity index (χ1v) is 8.06. The minimum Gasteiger partial charge on any atom is -0.497 e. The third-order valence-electron chi connectivity index (χ3n) is 3.76. The maximum atomic E-state index is 5.20. The highest BCUT2D eigenvalue weighted by Gasteiger charge is 2.21. The van der Waals surface area contributed by atoms with Gasteiger partial charge in [-0.2, -0.15) is 0 Å². The summed E-state index contributed by atoms with van der Waals surface area (Å²) in [7, 11) is 3.74. The van der Waals surface area contributed by atoms with Gasteiger partial charge in [0.15, 0.2) is 5.13 Å². The minimum absolute atomic E-state index is 0.731. The van der Waals surface area contributed by atoms with Crippen LogP contribution in [-0.4, -0.2) is 25.2 Å². The third-order valence-corrected chi connectivity index (χ3v) is 4.99. The van der Waals surface area contributed by atoms with E-state index in [0.29, 0.717) is 0 Å². The summed E-state index contributed by atoms with van der Waals surface area (Å²) in [5.41, 5.74) is 2.25. The molecule has 5 heteroatoms. The van der Waals surface area contributed by atoms with Gasteiger partial charge in [-0.25, -0.2) is 4.98 Å². The fraction of sp³-hybridized carbons (Fsp3) is 0.438. The van der Waals surface area contributed by atoms with Gasteiger partial charge in [0.25, 0.3) is 0 Å². The first kappa shape index (κ1) is 14.4. The van der Waals surface area contributed by atoms with E-state index in [2.05, 4.69) is 36.3 Å². The molecule has 0 aliphatic heterocycles. The first-order valence-electron chi connectivity index (χ1n) is 7.25. The fourth-order valence-corrected chi connectivity index (χ4v) is 3.16. The second-order valence-corrected chi connectivity index (χ2v) is 6.48. The number of anilines is 2. The fourth-order valence-electron chi connectivity index (χ4n) is 2.16. The molecule has 0 saturated heterocycles. The number of rotatable bonds is 6. The molecule has 1 fully saturated rings. The number of ether oxygens (including phenoxy) is 1. The van der Waals surface area contributed by atoms with E-state index in [9.17, 15) is 0 Å². The van der Waals surface area contributed by atoms with Crippen LogP contribution in [0, 0.1) is 6.92 Å². The maximum Gasteiger partial charge on any atom is 0.190 e. The molecule has 0 bridgehead atoms. The zero-order chi connectivity index (χ0) is 14.8. The Kier molecular flexibility index (Phi) is 4.12. The van der Waals surface area contributed by atoms with Crippen LogP contribution in [0.25, 0.3) is 0 Å². The van der Waals surface area contributed by atoms with Gasteiger partial charge in [0.2, 0.25) is 0 Å². The third kappa shape index (κ3) is 3.36. The van der Waals surface area contributed by atoms with Gasteiger partial charge in [0, 0.05) is 30.2 Å². The summed E-state index contributed by atoms with van der Waals surface area (Å²) in [6.07, 6.45) is 2.63. The van der Waals surface area contributed by atoms with Crippen LogP contribution in [-0.2, 0) is 6.54 Å². The van der Waals surface area contributed by atoms with E-state index in [1.54, 1.807) is 18.4 Å². The predicted molar refractivity (Wildman–Crippen MR) is 87.8 cm³/mol.